The average molecular weight is 449 g/mol. The number of carbonyl (C=O) groups is 3. The molecule has 0 aliphatic carbocycles. The molecule has 32 heavy (non-hydrogen) atoms. The summed E-state index contributed by atoms with van der Waals surface area (Å²) in [6.45, 7) is 4.45. The predicted molar refractivity (Wildman–Crippen MR) is 120 cm³/mol. The Balaban J connectivity index is 2.09. The molecule has 178 valence electrons. The molecule has 2 rings (SSSR count). The number of carboxylic acid groups (broad SMARTS) is 1. The summed E-state index contributed by atoms with van der Waals surface area (Å²) < 4.78 is 10.7. The van der Waals surface area contributed by atoms with E-state index in [2.05, 4.69) is 5.32 Å². The van der Waals surface area contributed by atoms with E-state index in [1.165, 1.54) is 4.90 Å². The van der Waals surface area contributed by atoms with Gasteiger partial charge in [-0.15, -0.1) is 0 Å². The molecule has 1 unspecified atom stereocenters. The Morgan fingerprint density at radius 1 is 1.19 bits per heavy atom. The fraction of sp³-hybridized carbons (Fsp3) is 0.625. The summed E-state index contributed by atoms with van der Waals surface area (Å²) in [5.74, 6) is -1.85. The maximum absolute atomic E-state index is 13.3. The van der Waals surface area contributed by atoms with Gasteiger partial charge in [0, 0.05) is 13.2 Å². The van der Waals surface area contributed by atoms with Gasteiger partial charge in [0.05, 0.1) is 19.3 Å². The first kappa shape index (κ1) is 25.8. The van der Waals surface area contributed by atoms with E-state index in [4.69, 9.17) is 9.47 Å². The molecule has 8 heteroatoms. The van der Waals surface area contributed by atoms with E-state index in [1.54, 1.807) is 13.8 Å². The number of amides is 1. The highest BCUT2D eigenvalue weighted by molar-refractivity contribution is 5.87. The molecular formula is C24H36N2O6. The van der Waals surface area contributed by atoms with Crippen LogP contribution in [0.15, 0.2) is 30.3 Å². The van der Waals surface area contributed by atoms with Crippen LogP contribution in [-0.2, 0) is 30.3 Å². The summed E-state index contributed by atoms with van der Waals surface area (Å²) in [6.07, 6.45) is 4.62. The topological polar surface area (TPSA) is 105 Å². The lowest BCUT2D eigenvalue weighted by Gasteiger charge is -2.33. The number of benzene rings is 1. The number of hydrogen-bond donors (Lipinski definition) is 2. The van der Waals surface area contributed by atoms with Gasteiger partial charge in [-0.25, -0.2) is 4.79 Å². The Morgan fingerprint density at radius 3 is 2.59 bits per heavy atom. The van der Waals surface area contributed by atoms with E-state index >= 15 is 0 Å². The first-order chi connectivity index (χ1) is 15.4. The second-order valence-electron chi connectivity index (χ2n) is 8.09. The fourth-order valence-electron chi connectivity index (χ4n) is 3.84. The normalized spacial score (nSPS) is 19.6. The summed E-state index contributed by atoms with van der Waals surface area (Å²) in [5, 5.41) is 12.8. The van der Waals surface area contributed by atoms with Gasteiger partial charge in [-0.1, -0.05) is 43.2 Å². The van der Waals surface area contributed by atoms with Gasteiger partial charge in [0.25, 0.3) is 0 Å². The molecule has 1 aliphatic rings. The van der Waals surface area contributed by atoms with E-state index in [1.807, 2.05) is 30.3 Å². The van der Waals surface area contributed by atoms with E-state index in [9.17, 15) is 19.5 Å². The number of aliphatic carboxylic acids is 1. The zero-order valence-electron chi connectivity index (χ0n) is 19.1. The van der Waals surface area contributed by atoms with Crippen molar-refractivity contribution in [3.05, 3.63) is 35.9 Å². The molecule has 1 fully saturated rings. The van der Waals surface area contributed by atoms with Crippen molar-refractivity contribution in [2.45, 2.75) is 70.5 Å². The van der Waals surface area contributed by atoms with E-state index in [0.717, 1.165) is 31.2 Å². The summed E-state index contributed by atoms with van der Waals surface area (Å²) in [4.78, 5) is 39.0. The van der Waals surface area contributed by atoms with Gasteiger partial charge in [0.2, 0.25) is 5.91 Å². The van der Waals surface area contributed by atoms with E-state index < -0.39 is 30.1 Å². The van der Waals surface area contributed by atoms with Crippen molar-refractivity contribution in [3.8, 4) is 0 Å². The molecule has 3 atom stereocenters. The van der Waals surface area contributed by atoms with Crippen LogP contribution in [-0.4, -0.2) is 72.3 Å². The highest BCUT2D eigenvalue weighted by atomic mass is 16.5. The summed E-state index contributed by atoms with van der Waals surface area (Å²) >= 11 is 0. The number of hydrogen-bond acceptors (Lipinski definition) is 6. The number of ether oxygens (including phenoxy) is 2. The number of nitrogens with one attached hydrogen (secondary N) is 1. The maximum Gasteiger partial charge on any atom is 0.328 e. The minimum Gasteiger partial charge on any atom is -0.480 e. The van der Waals surface area contributed by atoms with Gasteiger partial charge in [0.1, 0.15) is 6.04 Å². The zero-order chi connectivity index (χ0) is 23.3. The number of carboxylic acids is 1. The van der Waals surface area contributed by atoms with Crippen LogP contribution in [0.1, 0.15) is 51.5 Å². The lowest BCUT2D eigenvalue weighted by Crippen LogP contribution is -2.56. The highest BCUT2D eigenvalue weighted by Gasteiger charge is 2.34. The van der Waals surface area contributed by atoms with Crippen molar-refractivity contribution in [2.75, 3.05) is 26.4 Å². The van der Waals surface area contributed by atoms with Gasteiger partial charge in [0.15, 0.2) is 6.04 Å². The lowest BCUT2D eigenvalue weighted by atomic mass is 10.0. The minimum atomic E-state index is -1.09. The molecule has 0 aromatic heterocycles. The van der Waals surface area contributed by atoms with E-state index in [0.29, 0.717) is 26.0 Å². The molecule has 2 N–H and O–H groups in total. The maximum atomic E-state index is 13.3. The minimum absolute atomic E-state index is 0.0386. The van der Waals surface area contributed by atoms with Crippen LogP contribution in [0.5, 0.6) is 0 Å². The van der Waals surface area contributed by atoms with E-state index in [-0.39, 0.29) is 19.1 Å². The number of esters is 1. The molecule has 0 bridgehead atoms. The zero-order valence-corrected chi connectivity index (χ0v) is 19.1. The molecule has 1 aromatic carbocycles. The Morgan fingerprint density at radius 2 is 1.91 bits per heavy atom. The molecule has 8 nitrogen and oxygen atoms in total. The molecule has 1 saturated heterocycles. The Kier molecular flexibility index (Phi) is 11.2. The smallest absolute Gasteiger partial charge is 0.328 e. The molecule has 1 aromatic rings. The molecule has 0 saturated carbocycles. The second kappa shape index (κ2) is 13.9. The first-order valence-corrected chi connectivity index (χ1v) is 11.5. The van der Waals surface area contributed by atoms with Crippen LogP contribution < -0.4 is 5.32 Å². The monoisotopic (exact) mass is 448 g/mol. The third-order valence-corrected chi connectivity index (χ3v) is 5.62. The first-order valence-electron chi connectivity index (χ1n) is 11.5. The third-order valence-electron chi connectivity index (χ3n) is 5.62. The fourth-order valence-corrected chi connectivity index (χ4v) is 3.84. The van der Waals surface area contributed by atoms with Crippen molar-refractivity contribution >= 4 is 17.8 Å². The molecule has 1 heterocycles. The van der Waals surface area contributed by atoms with Gasteiger partial charge >= 0.3 is 11.9 Å². The van der Waals surface area contributed by atoms with Gasteiger partial charge in [-0.05, 0) is 45.1 Å². The molecule has 0 radical (unpaired) electrons. The summed E-state index contributed by atoms with van der Waals surface area (Å²) in [5.41, 5.74) is 1.08. The Labute approximate surface area is 190 Å². The van der Waals surface area contributed by atoms with Crippen molar-refractivity contribution in [3.63, 3.8) is 0 Å². The Bertz CT molecular complexity index is 726. The highest BCUT2D eigenvalue weighted by Crippen LogP contribution is 2.13. The van der Waals surface area contributed by atoms with Crippen molar-refractivity contribution in [1.29, 1.82) is 0 Å². The second-order valence-corrected chi connectivity index (χ2v) is 8.09. The van der Waals surface area contributed by atoms with Crippen molar-refractivity contribution < 1.29 is 29.0 Å². The number of nitrogens with zero attached hydrogens (tertiary/aromatic N) is 1. The number of aryl methyl sites for hydroxylation is 1. The van der Waals surface area contributed by atoms with Crippen molar-refractivity contribution in [1.82, 2.24) is 10.2 Å². The lowest BCUT2D eigenvalue weighted by molar-refractivity contribution is -0.155. The van der Waals surface area contributed by atoms with Gasteiger partial charge in [-0.2, -0.15) is 0 Å². The summed E-state index contributed by atoms with van der Waals surface area (Å²) in [7, 11) is 0. The van der Waals surface area contributed by atoms with Crippen LogP contribution in [0, 0.1) is 0 Å². The standard InChI is InChI=1S/C24H36N2O6/c1-3-32-24(30)20(14-13-19-11-7-6-8-12-19)25-18(2)22(27)26-15-9-4-5-10-16-31-17-21(26)23(28)29/h6-8,11-12,18,20-21,25H,3-5,9-10,13-17H2,1-2H3,(H,28,29)/t18?,20-,21-/m0/s1. The number of rotatable bonds is 9. The predicted octanol–water partition coefficient (Wildman–Crippen LogP) is 2.40. The van der Waals surface area contributed by atoms with Crippen LogP contribution in [0.3, 0.4) is 0 Å². The molecule has 1 amide bonds. The molecule has 0 spiro atoms. The van der Waals surface area contributed by atoms with Crippen LogP contribution >= 0.6 is 0 Å². The Hall–Kier alpha value is -2.45. The number of carbonyl (C=O) groups excluding carboxylic acids is 2. The quantitative estimate of drug-likeness (QED) is 0.559. The van der Waals surface area contributed by atoms with Crippen LogP contribution in [0.25, 0.3) is 0 Å². The largest absolute Gasteiger partial charge is 0.480 e. The SMILES string of the molecule is CCOC(=O)[C@H](CCc1ccccc1)NC(C)C(=O)N1CCCCCCOC[C@H]1C(=O)O. The average Bonchev–Trinajstić information content (AvgIpc) is 2.79. The van der Waals surface area contributed by atoms with Crippen LogP contribution in [0.4, 0.5) is 0 Å². The van der Waals surface area contributed by atoms with Crippen molar-refractivity contribution in [2.24, 2.45) is 0 Å². The molecular weight excluding hydrogens is 412 g/mol. The van der Waals surface area contributed by atoms with Gasteiger partial charge in [-0.3, -0.25) is 14.9 Å². The molecule has 1 aliphatic heterocycles. The third kappa shape index (κ3) is 8.24. The van der Waals surface area contributed by atoms with Gasteiger partial charge < -0.3 is 19.5 Å². The van der Waals surface area contributed by atoms with Crippen LogP contribution in [0.2, 0.25) is 0 Å². The summed E-state index contributed by atoms with van der Waals surface area (Å²) in [6, 6.07) is 7.32.